The minimum Gasteiger partial charge on any atom is -0.543 e. The van der Waals surface area contributed by atoms with Gasteiger partial charge in [0.1, 0.15) is 17.4 Å². The van der Waals surface area contributed by atoms with Crippen molar-refractivity contribution in [1.82, 2.24) is 5.32 Å². The molecule has 0 amide bonds. The van der Waals surface area contributed by atoms with Gasteiger partial charge in [0.2, 0.25) is 8.32 Å². The summed E-state index contributed by atoms with van der Waals surface area (Å²) in [5.74, 6) is 1.56. The van der Waals surface area contributed by atoms with Gasteiger partial charge in [-0.15, -0.1) is 0 Å². The third-order valence-electron chi connectivity index (χ3n) is 6.84. The zero-order valence-corrected chi connectivity index (χ0v) is 20.8. The van der Waals surface area contributed by atoms with Gasteiger partial charge in [-0.05, 0) is 59.4 Å². The van der Waals surface area contributed by atoms with Crippen LogP contribution in [0.3, 0.4) is 0 Å². The fourth-order valence-corrected chi connectivity index (χ4v) is 5.01. The Morgan fingerprint density at radius 1 is 0.969 bits per heavy atom. The van der Waals surface area contributed by atoms with Crippen molar-refractivity contribution in [3.8, 4) is 5.75 Å². The summed E-state index contributed by atoms with van der Waals surface area (Å²) in [6, 6.07) is 17.9. The number of aryl methyl sites for hydroxylation is 1. The topological polar surface area (TPSA) is 33.6 Å². The predicted octanol–water partition coefficient (Wildman–Crippen LogP) is 6.50. The van der Waals surface area contributed by atoms with Gasteiger partial charge in [-0.2, -0.15) is 0 Å². The summed E-state index contributed by atoms with van der Waals surface area (Å²) in [5, 5.41) is 5.75. The Morgan fingerprint density at radius 2 is 1.72 bits per heavy atom. The monoisotopic (exact) mass is 448 g/mol. The number of fused-ring (bicyclic) bond motifs is 1. The van der Waals surface area contributed by atoms with Crippen molar-refractivity contribution in [2.75, 3.05) is 13.1 Å². The molecule has 5 heteroatoms. The quantitative estimate of drug-likeness (QED) is 0.437. The number of nitrogens with zero attached hydrogens (tertiary/aromatic N) is 1. The summed E-state index contributed by atoms with van der Waals surface area (Å²) in [6.45, 7) is 12.8. The molecule has 168 valence electrons. The van der Waals surface area contributed by atoms with Crippen molar-refractivity contribution in [2.45, 2.75) is 51.7 Å². The lowest BCUT2D eigenvalue weighted by Gasteiger charge is -2.37. The van der Waals surface area contributed by atoms with Crippen LogP contribution in [0.4, 0.5) is 4.39 Å². The van der Waals surface area contributed by atoms with Crippen LogP contribution in [-0.2, 0) is 12.8 Å². The summed E-state index contributed by atoms with van der Waals surface area (Å²) >= 11 is 0. The molecular weight excluding hydrogens is 415 g/mol. The average molecular weight is 449 g/mol. The number of hydrogen-bond acceptors (Lipinski definition) is 3. The first-order valence-electron chi connectivity index (χ1n) is 11.4. The molecule has 0 saturated carbocycles. The molecule has 0 unspecified atom stereocenters. The number of halogens is 1. The number of amidine groups is 1. The molecule has 4 rings (SSSR count). The van der Waals surface area contributed by atoms with Crippen LogP contribution in [0.25, 0.3) is 10.8 Å². The number of hydrogen-bond donors (Lipinski definition) is 1. The highest BCUT2D eigenvalue weighted by atomic mass is 28.4. The Bertz CT molecular complexity index is 1160. The third kappa shape index (κ3) is 4.44. The van der Waals surface area contributed by atoms with Crippen molar-refractivity contribution in [2.24, 2.45) is 4.99 Å². The molecule has 0 radical (unpaired) electrons. The third-order valence-corrected chi connectivity index (χ3v) is 11.2. The van der Waals surface area contributed by atoms with Gasteiger partial charge >= 0.3 is 0 Å². The van der Waals surface area contributed by atoms with E-state index >= 15 is 0 Å². The van der Waals surface area contributed by atoms with E-state index in [2.05, 4.69) is 80.6 Å². The van der Waals surface area contributed by atoms with E-state index in [9.17, 15) is 4.39 Å². The Hall–Kier alpha value is -2.66. The van der Waals surface area contributed by atoms with Crippen LogP contribution < -0.4 is 9.74 Å². The minimum atomic E-state index is -2.02. The molecule has 1 aliphatic rings. The van der Waals surface area contributed by atoms with Gasteiger partial charge in [0.25, 0.3) is 0 Å². The normalized spacial score (nSPS) is 14.4. The van der Waals surface area contributed by atoms with E-state index in [4.69, 9.17) is 4.43 Å². The first-order valence-corrected chi connectivity index (χ1v) is 14.3. The van der Waals surface area contributed by atoms with Gasteiger partial charge in [-0.1, -0.05) is 63.2 Å². The molecule has 3 aromatic carbocycles. The molecule has 1 aliphatic heterocycles. The van der Waals surface area contributed by atoms with Gasteiger partial charge in [0.15, 0.2) is 0 Å². The zero-order chi connectivity index (χ0) is 22.9. The van der Waals surface area contributed by atoms with E-state index < -0.39 is 8.32 Å². The van der Waals surface area contributed by atoms with Crippen molar-refractivity contribution in [1.29, 1.82) is 0 Å². The molecule has 0 aliphatic carbocycles. The molecule has 32 heavy (non-hydrogen) atoms. The SMILES string of the molecule is CC(C)(C)[Si](C)(C)Oc1ccc2ccccc2c1CCc1c(F)cccc1C1=NCCN1. The smallest absolute Gasteiger partial charge is 0.250 e. The second-order valence-electron chi connectivity index (χ2n) is 10.0. The molecule has 3 nitrogen and oxygen atoms in total. The highest BCUT2D eigenvalue weighted by Crippen LogP contribution is 2.40. The maximum absolute atomic E-state index is 14.9. The first-order chi connectivity index (χ1) is 15.2. The summed E-state index contributed by atoms with van der Waals surface area (Å²) in [5.41, 5.74) is 2.74. The molecule has 1 N–H and O–H groups in total. The number of aliphatic imine (C=N–C) groups is 1. The molecule has 0 saturated heterocycles. The highest BCUT2D eigenvalue weighted by molar-refractivity contribution is 6.74. The van der Waals surface area contributed by atoms with E-state index in [-0.39, 0.29) is 10.9 Å². The molecule has 0 spiro atoms. The second-order valence-corrected chi connectivity index (χ2v) is 14.8. The van der Waals surface area contributed by atoms with Gasteiger partial charge in [0, 0.05) is 17.7 Å². The maximum Gasteiger partial charge on any atom is 0.250 e. The van der Waals surface area contributed by atoms with Crippen LogP contribution in [-0.4, -0.2) is 27.2 Å². The van der Waals surface area contributed by atoms with E-state index in [1.165, 1.54) is 10.8 Å². The van der Waals surface area contributed by atoms with E-state index in [0.29, 0.717) is 18.4 Å². The number of rotatable bonds is 6. The summed E-state index contributed by atoms with van der Waals surface area (Å²) in [7, 11) is -2.02. The summed E-state index contributed by atoms with van der Waals surface area (Å²) in [6.07, 6.45) is 1.29. The first kappa shape index (κ1) is 22.5. The molecular formula is C27H33FN2OSi. The molecule has 1 heterocycles. The van der Waals surface area contributed by atoms with E-state index in [1.807, 2.05) is 6.07 Å². The Balaban J connectivity index is 1.73. The van der Waals surface area contributed by atoms with Crippen molar-refractivity contribution in [3.63, 3.8) is 0 Å². The van der Waals surface area contributed by atoms with Gasteiger partial charge < -0.3 is 9.74 Å². The van der Waals surface area contributed by atoms with Crippen LogP contribution in [0.15, 0.2) is 59.6 Å². The van der Waals surface area contributed by atoms with Crippen molar-refractivity contribution >= 4 is 24.9 Å². The van der Waals surface area contributed by atoms with Crippen LogP contribution in [0, 0.1) is 5.82 Å². The van der Waals surface area contributed by atoms with Crippen LogP contribution in [0.2, 0.25) is 18.1 Å². The molecule has 0 atom stereocenters. The predicted molar refractivity (Wildman–Crippen MR) is 135 cm³/mol. The van der Waals surface area contributed by atoms with Crippen molar-refractivity contribution in [3.05, 3.63) is 77.1 Å². The van der Waals surface area contributed by atoms with Crippen LogP contribution in [0.1, 0.15) is 37.5 Å². The van der Waals surface area contributed by atoms with Crippen molar-refractivity contribution < 1.29 is 8.82 Å². The maximum atomic E-state index is 14.9. The average Bonchev–Trinajstić information content (AvgIpc) is 3.27. The molecule has 0 fully saturated rings. The highest BCUT2D eigenvalue weighted by Gasteiger charge is 2.39. The number of nitrogens with one attached hydrogen (secondary N) is 1. The second kappa shape index (κ2) is 8.70. The lowest BCUT2D eigenvalue weighted by atomic mass is 9.95. The summed E-state index contributed by atoms with van der Waals surface area (Å²) in [4.78, 5) is 4.53. The summed E-state index contributed by atoms with van der Waals surface area (Å²) < 4.78 is 21.7. The van der Waals surface area contributed by atoms with Crippen LogP contribution >= 0.6 is 0 Å². The molecule has 0 aromatic heterocycles. The zero-order valence-electron chi connectivity index (χ0n) is 19.8. The Morgan fingerprint density at radius 3 is 2.44 bits per heavy atom. The van der Waals surface area contributed by atoms with E-state index in [1.54, 1.807) is 12.1 Å². The minimum absolute atomic E-state index is 0.0981. The van der Waals surface area contributed by atoms with E-state index in [0.717, 1.165) is 35.8 Å². The fourth-order valence-electron chi connectivity index (χ4n) is 3.96. The Kier molecular flexibility index (Phi) is 6.12. The lowest BCUT2D eigenvalue weighted by molar-refractivity contribution is 0.487. The molecule has 0 bridgehead atoms. The largest absolute Gasteiger partial charge is 0.543 e. The van der Waals surface area contributed by atoms with Gasteiger partial charge in [0.05, 0.1) is 6.54 Å². The molecule has 3 aromatic rings. The number of benzene rings is 3. The van der Waals surface area contributed by atoms with Gasteiger partial charge in [-0.25, -0.2) is 4.39 Å². The van der Waals surface area contributed by atoms with Gasteiger partial charge in [-0.3, -0.25) is 4.99 Å². The Labute approximate surface area is 191 Å². The lowest BCUT2D eigenvalue weighted by Crippen LogP contribution is -2.44. The standard InChI is InChI=1S/C27H33FN2OSi/c1-27(2,3)32(4,5)31-25-16-13-19-9-6-7-10-20(19)22(25)15-14-21-23(11-8-12-24(21)28)26-29-17-18-30-26/h6-13,16H,14-15,17-18H2,1-5H3,(H,29,30). The fraction of sp³-hybridized carbons (Fsp3) is 0.370. The van der Waals surface area contributed by atoms with Crippen LogP contribution in [0.5, 0.6) is 5.75 Å².